The first kappa shape index (κ1) is 10.4. The molecule has 16 heavy (non-hydrogen) atoms. The molecule has 8 nitrogen and oxygen atoms in total. The first-order chi connectivity index (χ1) is 7.66. The zero-order valence-corrected chi connectivity index (χ0v) is 8.55. The molecule has 9 heteroatoms. The van der Waals surface area contributed by atoms with Gasteiger partial charge in [0.05, 0.1) is 11.1 Å². The molecule has 0 aromatic carbocycles. The summed E-state index contributed by atoms with van der Waals surface area (Å²) >= 11 is 0.913. The van der Waals surface area contributed by atoms with Crippen LogP contribution in [-0.4, -0.2) is 19.9 Å². The molecule has 0 fully saturated rings. The van der Waals surface area contributed by atoms with Gasteiger partial charge in [-0.05, 0) is 11.8 Å². The number of nitrogens with zero attached hydrogens (tertiary/aromatic N) is 4. The molecule has 0 spiro atoms. The molecule has 2 rings (SSSR count). The summed E-state index contributed by atoms with van der Waals surface area (Å²) in [6.45, 7) is 0. The van der Waals surface area contributed by atoms with Crippen LogP contribution in [0.2, 0.25) is 0 Å². The van der Waals surface area contributed by atoms with Crippen LogP contribution in [0.3, 0.4) is 0 Å². The van der Waals surface area contributed by atoms with E-state index in [9.17, 15) is 10.1 Å². The van der Waals surface area contributed by atoms with Gasteiger partial charge in [-0.3, -0.25) is 10.1 Å². The van der Waals surface area contributed by atoms with Crippen molar-refractivity contribution in [2.24, 2.45) is 0 Å². The van der Waals surface area contributed by atoms with Crippen LogP contribution in [0, 0.1) is 10.1 Å². The second kappa shape index (κ2) is 4.14. The van der Waals surface area contributed by atoms with Crippen molar-refractivity contribution in [3.05, 3.63) is 28.8 Å². The number of hydrogen-bond acceptors (Lipinski definition) is 8. The molecule has 0 aliphatic carbocycles. The van der Waals surface area contributed by atoms with Crippen LogP contribution in [0.1, 0.15) is 0 Å². The van der Waals surface area contributed by atoms with Crippen molar-refractivity contribution in [3.8, 4) is 0 Å². The Morgan fingerprint density at radius 2 is 2.31 bits per heavy atom. The largest absolute Gasteiger partial charge is 0.440 e. The van der Waals surface area contributed by atoms with Crippen molar-refractivity contribution < 1.29 is 9.34 Å². The molecule has 0 bridgehead atoms. The molecular formula is C7H5N5O3S. The maximum absolute atomic E-state index is 10.7. The van der Waals surface area contributed by atoms with E-state index in [1.165, 1.54) is 12.5 Å². The average Bonchev–Trinajstić information content (AvgIpc) is 2.70. The van der Waals surface area contributed by atoms with Crippen molar-refractivity contribution in [2.75, 3.05) is 5.73 Å². The lowest BCUT2D eigenvalue weighted by Crippen LogP contribution is -2.00. The highest BCUT2D eigenvalue weighted by Crippen LogP contribution is 2.31. The Morgan fingerprint density at radius 3 is 2.94 bits per heavy atom. The molecule has 0 saturated heterocycles. The lowest BCUT2D eigenvalue weighted by atomic mass is 10.5. The molecule has 0 aliphatic rings. The molecule has 2 aromatic rings. The summed E-state index contributed by atoms with van der Waals surface area (Å²) in [4.78, 5) is 21.2. The number of nitrogens with two attached hydrogens (primary N) is 1. The number of nitro groups is 1. The van der Waals surface area contributed by atoms with E-state index < -0.39 is 4.92 Å². The summed E-state index contributed by atoms with van der Waals surface area (Å²) in [6, 6.07) is 0. The van der Waals surface area contributed by atoms with E-state index in [0.717, 1.165) is 18.0 Å². The van der Waals surface area contributed by atoms with Crippen LogP contribution in [0.15, 0.2) is 33.3 Å². The molecule has 0 atom stereocenters. The van der Waals surface area contributed by atoms with E-state index in [2.05, 4.69) is 15.0 Å². The summed E-state index contributed by atoms with van der Waals surface area (Å²) in [5, 5.41) is 11.0. The van der Waals surface area contributed by atoms with Gasteiger partial charge in [-0.15, -0.1) is 0 Å². The van der Waals surface area contributed by atoms with E-state index >= 15 is 0 Å². The number of anilines is 1. The van der Waals surface area contributed by atoms with Crippen LogP contribution in [-0.2, 0) is 0 Å². The molecule has 0 aliphatic heterocycles. The Morgan fingerprint density at radius 1 is 1.50 bits per heavy atom. The summed E-state index contributed by atoms with van der Waals surface area (Å²) in [5.41, 5.74) is 5.11. The number of aromatic nitrogens is 3. The van der Waals surface area contributed by atoms with Gasteiger partial charge in [-0.25, -0.2) is 9.97 Å². The van der Waals surface area contributed by atoms with Crippen LogP contribution >= 0.6 is 11.8 Å². The third-order valence-electron chi connectivity index (χ3n) is 1.54. The van der Waals surface area contributed by atoms with Crippen molar-refractivity contribution >= 4 is 23.4 Å². The Kier molecular flexibility index (Phi) is 2.68. The smallest absolute Gasteiger partial charge is 0.320 e. The molecule has 0 unspecified atom stereocenters. The monoisotopic (exact) mass is 239 g/mol. The zero-order valence-electron chi connectivity index (χ0n) is 7.73. The standard InChI is InChI=1S/C7H5N5O3S/c8-6-10-3-4(12(13)14)5(11-6)16-7-9-1-2-15-7/h1-3H,(H2,8,10,11). The molecule has 0 saturated carbocycles. The molecule has 2 N–H and O–H groups in total. The predicted octanol–water partition coefficient (Wildman–Crippen LogP) is 1.11. The second-order valence-electron chi connectivity index (χ2n) is 2.58. The quantitative estimate of drug-likeness (QED) is 0.480. The third kappa shape index (κ3) is 2.08. The normalized spacial score (nSPS) is 10.2. The highest BCUT2D eigenvalue weighted by Gasteiger charge is 2.19. The van der Waals surface area contributed by atoms with E-state index in [4.69, 9.17) is 10.2 Å². The summed E-state index contributed by atoms with van der Waals surface area (Å²) in [5.74, 6) is -0.0420. The Bertz CT molecular complexity index is 515. The minimum absolute atomic E-state index is 0.0420. The minimum Gasteiger partial charge on any atom is -0.440 e. The third-order valence-corrected chi connectivity index (χ3v) is 2.41. The van der Waals surface area contributed by atoms with E-state index in [1.807, 2.05) is 0 Å². The maximum atomic E-state index is 10.7. The van der Waals surface area contributed by atoms with Gasteiger partial charge in [0.2, 0.25) is 5.95 Å². The fourth-order valence-corrected chi connectivity index (χ4v) is 1.67. The highest BCUT2D eigenvalue weighted by atomic mass is 32.2. The average molecular weight is 239 g/mol. The summed E-state index contributed by atoms with van der Waals surface area (Å²) in [6.07, 6.45) is 3.84. The van der Waals surface area contributed by atoms with Gasteiger partial charge in [0.1, 0.15) is 12.5 Å². The van der Waals surface area contributed by atoms with Crippen molar-refractivity contribution in [1.29, 1.82) is 0 Å². The van der Waals surface area contributed by atoms with Crippen LogP contribution in [0.4, 0.5) is 11.6 Å². The zero-order chi connectivity index (χ0) is 11.5. The van der Waals surface area contributed by atoms with Gasteiger partial charge in [0.15, 0.2) is 5.03 Å². The lowest BCUT2D eigenvalue weighted by Gasteiger charge is -1.98. The maximum Gasteiger partial charge on any atom is 0.320 e. The van der Waals surface area contributed by atoms with Crippen LogP contribution < -0.4 is 5.73 Å². The predicted molar refractivity (Wildman–Crippen MR) is 53.7 cm³/mol. The highest BCUT2D eigenvalue weighted by molar-refractivity contribution is 7.99. The fourth-order valence-electron chi connectivity index (χ4n) is 0.916. The Balaban J connectivity index is 2.38. The van der Waals surface area contributed by atoms with Gasteiger partial charge >= 0.3 is 5.69 Å². The Hall–Kier alpha value is -2.16. The molecule has 2 aromatic heterocycles. The van der Waals surface area contributed by atoms with E-state index in [1.54, 1.807) is 0 Å². The van der Waals surface area contributed by atoms with Crippen molar-refractivity contribution in [2.45, 2.75) is 10.2 Å². The second-order valence-corrected chi connectivity index (χ2v) is 3.52. The van der Waals surface area contributed by atoms with Crippen LogP contribution in [0.25, 0.3) is 0 Å². The molecule has 82 valence electrons. The summed E-state index contributed by atoms with van der Waals surface area (Å²) < 4.78 is 4.94. The molecule has 2 heterocycles. The van der Waals surface area contributed by atoms with Gasteiger partial charge < -0.3 is 10.2 Å². The topological polar surface area (TPSA) is 121 Å². The van der Waals surface area contributed by atoms with Gasteiger partial charge in [0, 0.05) is 0 Å². The SMILES string of the molecule is Nc1ncc([N+](=O)[O-])c(Sc2ncco2)n1. The lowest BCUT2D eigenvalue weighted by molar-refractivity contribution is -0.388. The van der Waals surface area contributed by atoms with Crippen LogP contribution in [0.5, 0.6) is 0 Å². The number of hydrogen-bond donors (Lipinski definition) is 1. The molecule has 0 amide bonds. The van der Waals surface area contributed by atoms with Crippen molar-refractivity contribution in [3.63, 3.8) is 0 Å². The summed E-state index contributed by atoms with van der Waals surface area (Å²) in [7, 11) is 0. The van der Waals surface area contributed by atoms with Crippen molar-refractivity contribution in [1.82, 2.24) is 15.0 Å². The Labute approximate surface area is 93.1 Å². The molecule has 0 radical (unpaired) electrons. The van der Waals surface area contributed by atoms with E-state index in [-0.39, 0.29) is 21.9 Å². The van der Waals surface area contributed by atoms with Gasteiger partial charge in [-0.2, -0.15) is 4.98 Å². The minimum atomic E-state index is -0.593. The van der Waals surface area contributed by atoms with Gasteiger partial charge in [-0.1, -0.05) is 0 Å². The number of nitrogen functional groups attached to an aromatic ring is 1. The molecular weight excluding hydrogens is 234 g/mol. The van der Waals surface area contributed by atoms with E-state index in [0.29, 0.717) is 0 Å². The van der Waals surface area contributed by atoms with Gasteiger partial charge in [0.25, 0.3) is 5.22 Å². The first-order valence-corrected chi connectivity index (χ1v) is 4.82. The first-order valence-electron chi connectivity index (χ1n) is 4.01. The number of rotatable bonds is 3. The fraction of sp³-hybridized carbons (Fsp3) is 0. The number of oxazole rings is 1.